The zero-order valence-electron chi connectivity index (χ0n) is 11.8. The molecule has 2 rings (SSSR count). The van der Waals surface area contributed by atoms with E-state index in [2.05, 4.69) is 21.2 Å². The molecule has 0 saturated carbocycles. The summed E-state index contributed by atoms with van der Waals surface area (Å²) >= 11 is 9.50. The van der Waals surface area contributed by atoms with Crippen LogP contribution < -0.4 is 15.8 Å². The Bertz CT molecular complexity index is 607. The van der Waals surface area contributed by atoms with Gasteiger partial charge in [-0.2, -0.15) is 0 Å². The van der Waals surface area contributed by atoms with Crippen molar-refractivity contribution < 1.29 is 4.74 Å². The average molecular weight is 370 g/mol. The van der Waals surface area contributed by atoms with Crippen LogP contribution in [-0.2, 0) is 0 Å². The van der Waals surface area contributed by atoms with Gasteiger partial charge in [0.25, 0.3) is 0 Å². The average Bonchev–Trinajstić information content (AvgIpc) is 2.49. The fourth-order valence-corrected chi connectivity index (χ4v) is 2.48. The first kappa shape index (κ1) is 16.1. The van der Waals surface area contributed by atoms with Gasteiger partial charge in [-0.25, -0.2) is 0 Å². The van der Waals surface area contributed by atoms with Gasteiger partial charge in [0.05, 0.1) is 17.7 Å². The fraction of sp³-hybridized carbons (Fsp3) is 0.250. The van der Waals surface area contributed by atoms with Gasteiger partial charge in [-0.05, 0) is 58.7 Å². The van der Waals surface area contributed by atoms with Crippen LogP contribution in [0.2, 0.25) is 5.02 Å². The minimum Gasteiger partial charge on any atom is -0.494 e. The molecule has 2 aromatic carbocycles. The summed E-state index contributed by atoms with van der Waals surface area (Å²) in [7, 11) is 0. The molecule has 0 aliphatic heterocycles. The molecular formula is C16H18BrClN2O. The lowest BCUT2D eigenvalue weighted by Crippen LogP contribution is -2.20. The van der Waals surface area contributed by atoms with Crippen molar-refractivity contribution in [2.24, 2.45) is 5.73 Å². The van der Waals surface area contributed by atoms with Gasteiger partial charge in [0, 0.05) is 16.7 Å². The molecule has 0 amide bonds. The number of benzene rings is 2. The van der Waals surface area contributed by atoms with E-state index in [0.717, 1.165) is 21.5 Å². The highest BCUT2D eigenvalue weighted by Gasteiger charge is 2.11. The maximum atomic E-state index is 6.11. The molecule has 3 N–H and O–H groups in total. The predicted octanol–water partition coefficient (Wildman–Crippen LogP) is 4.61. The van der Waals surface area contributed by atoms with Gasteiger partial charge in [-0.3, -0.25) is 0 Å². The van der Waals surface area contributed by atoms with E-state index in [9.17, 15) is 0 Å². The molecule has 1 unspecified atom stereocenters. The van der Waals surface area contributed by atoms with Crippen LogP contribution in [0.15, 0.2) is 46.9 Å². The maximum absolute atomic E-state index is 6.11. The monoisotopic (exact) mass is 368 g/mol. The summed E-state index contributed by atoms with van der Waals surface area (Å²) in [6, 6.07) is 13.7. The highest BCUT2D eigenvalue weighted by atomic mass is 79.9. The van der Waals surface area contributed by atoms with E-state index >= 15 is 0 Å². The molecule has 0 bridgehead atoms. The second-order valence-electron chi connectivity index (χ2n) is 4.57. The Balaban J connectivity index is 2.19. The standard InChI is InChI=1S/C16H18BrClN2O/c1-2-21-13-5-3-4-11(8-13)16(10-19)20-12-6-7-14(17)15(18)9-12/h3-9,16,20H,2,10,19H2,1H3. The first-order valence-electron chi connectivity index (χ1n) is 6.78. The summed E-state index contributed by atoms with van der Waals surface area (Å²) in [5.41, 5.74) is 7.92. The number of anilines is 1. The van der Waals surface area contributed by atoms with Gasteiger partial charge in [0.2, 0.25) is 0 Å². The van der Waals surface area contributed by atoms with Gasteiger partial charge in [0.15, 0.2) is 0 Å². The van der Waals surface area contributed by atoms with Crippen LogP contribution in [0.4, 0.5) is 5.69 Å². The molecule has 1 atom stereocenters. The minimum atomic E-state index is 0.00245. The third-order valence-corrected chi connectivity index (χ3v) is 4.30. The number of rotatable bonds is 6. The van der Waals surface area contributed by atoms with Crippen LogP contribution in [-0.4, -0.2) is 13.2 Å². The van der Waals surface area contributed by atoms with Gasteiger partial charge >= 0.3 is 0 Å². The molecule has 2 aromatic rings. The van der Waals surface area contributed by atoms with Crippen LogP contribution >= 0.6 is 27.5 Å². The number of ether oxygens (including phenoxy) is 1. The molecule has 0 aromatic heterocycles. The van der Waals surface area contributed by atoms with Crippen molar-refractivity contribution in [3.63, 3.8) is 0 Å². The van der Waals surface area contributed by atoms with Crippen molar-refractivity contribution in [1.82, 2.24) is 0 Å². The lowest BCUT2D eigenvalue weighted by atomic mass is 10.1. The van der Waals surface area contributed by atoms with Gasteiger partial charge in [-0.1, -0.05) is 23.7 Å². The molecule has 3 nitrogen and oxygen atoms in total. The summed E-state index contributed by atoms with van der Waals surface area (Å²) in [6.45, 7) is 3.09. The Labute approximate surface area is 138 Å². The van der Waals surface area contributed by atoms with Crippen LogP contribution in [0.5, 0.6) is 5.75 Å². The number of hydrogen-bond donors (Lipinski definition) is 2. The predicted molar refractivity (Wildman–Crippen MR) is 92.2 cm³/mol. The molecule has 5 heteroatoms. The van der Waals surface area contributed by atoms with Crippen molar-refractivity contribution in [2.45, 2.75) is 13.0 Å². The number of nitrogens with two attached hydrogens (primary N) is 1. The third kappa shape index (κ3) is 4.37. The van der Waals surface area contributed by atoms with Crippen molar-refractivity contribution in [3.05, 3.63) is 57.5 Å². The lowest BCUT2D eigenvalue weighted by molar-refractivity contribution is 0.339. The normalized spacial score (nSPS) is 12.0. The topological polar surface area (TPSA) is 47.3 Å². The Morgan fingerprint density at radius 3 is 2.76 bits per heavy atom. The van der Waals surface area contributed by atoms with Gasteiger partial charge in [0.1, 0.15) is 5.75 Å². The zero-order chi connectivity index (χ0) is 15.2. The van der Waals surface area contributed by atoms with Gasteiger partial charge < -0.3 is 15.8 Å². The quantitative estimate of drug-likeness (QED) is 0.781. The molecule has 0 saturated heterocycles. The largest absolute Gasteiger partial charge is 0.494 e. The van der Waals surface area contributed by atoms with E-state index in [1.807, 2.05) is 49.4 Å². The van der Waals surface area contributed by atoms with Crippen LogP contribution in [0.3, 0.4) is 0 Å². The van der Waals surface area contributed by atoms with Crippen molar-refractivity contribution in [1.29, 1.82) is 0 Å². The molecule has 0 aliphatic rings. The van der Waals surface area contributed by atoms with Crippen molar-refractivity contribution in [2.75, 3.05) is 18.5 Å². The summed E-state index contributed by atoms with van der Waals surface area (Å²) in [5.74, 6) is 0.851. The highest BCUT2D eigenvalue weighted by Crippen LogP contribution is 2.28. The summed E-state index contributed by atoms with van der Waals surface area (Å²) in [6.07, 6.45) is 0. The Kier molecular flexibility index (Phi) is 5.91. The van der Waals surface area contributed by atoms with Crippen molar-refractivity contribution in [3.8, 4) is 5.75 Å². The van der Waals surface area contributed by atoms with Crippen LogP contribution in [0, 0.1) is 0 Å². The first-order valence-corrected chi connectivity index (χ1v) is 7.95. The van der Waals surface area contributed by atoms with E-state index in [0.29, 0.717) is 18.2 Å². The maximum Gasteiger partial charge on any atom is 0.119 e. The van der Waals surface area contributed by atoms with Crippen molar-refractivity contribution >= 4 is 33.2 Å². The van der Waals surface area contributed by atoms with E-state index in [-0.39, 0.29) is 6.04 Å². The fourth-order valence-electron chi connectivity index (χ4n) is 2.05. The highest BCUT2D eigenvalue weighted by molar-refractivity contribution is 9.10. The van der Waals surface area contributed by atoms with E-state index < -0.39 is 0 Å². The van der Waals surface area contributed by atoms with Gasteiger partial charge in [-0.15, -0.1) is 0 Å². The Morgan fingerprint density at radius 2 is 2.10 bits per heavy atom. The molecule has 0 radical (unpaired) electrons. The van der Waals surface area contributed by atoms with Crippen LogP contribution in [0.25, 0.3) is 0 Å². The summed E-state index contributed by atoms with van der Waals surface area (Å²) < 4.78 is 6.40. The minimum absolute atomic E-state index is 0.00245. The zero-order valence-corrected chi connectivity index (χ0v) is 14.1. The first-order chi connectivity index (χ1) is 10.1. The van der Waals surface area contributed by atoms with Crippen LogP contribution in [0.1, 0.15) is 18.5 Å². The molecule has 0 aliphatic carbocycles. The molecule has 0 fully saturated rings. The van der Waals surface area contributed by atoms with E-state index in [4.69, 9.17) is 22.1 Å². The molecule has 0 heterocycles. The Morgan fingerprint density at radius 1 is 1.29 bits per heavy atom. The summed E-state index contributed by atoms with van der Waals surface area (Å²) in [5, 5.41) is 4.06. The second-order valence-corrected chi connectivity index (χ2v) is 5.83. The molecule has 112 valence electrons. The number of nitrogens with one attached hydrogen (secondary N) is 1. The lowest BCUT2D eigenvalue weighted by Gasteiger charge is -2.19. The molecule has 21 heavy (non-hydrogen) atoms. The SMILES string of the molecule is CCOc1cccc(C(CN)Nc2ccc(Br)c(Cl)c2)c1. The molecular weight excluding hydrogens is 352 g/mol. The number of hydrogen-bond acceptors (Lipinski definition) is 3. The third-order valence-electron chi connectivity index (χ3n) is 3.07. The number of halogens is 2. The Hall–Kier alpha value is -1.23. The smallest absolute Gasteiger partial charge is 0.119 e. The van der Waals surface area contributed by atoms with E-state index in [1.165, 1.54) is 0 Å². The molecule has 0 spiro atoms. The second kappa shape index (κ2) is 7.69. The summed E-state index contributed by atoms with van der Waals surface area (Å²) in [4.78, 5) is 0. The van der Waals surface area contributed by atoms with E-state index in [1.54, 1.807) is 0 Å².